The van der Waals surface area contributed by atoms with Gasteiger partial charge in [-0.1, -0.05) is 37.6 Å². The summed E-state index contributed by atoms with van der Waals surface area (Å²) in [6.07, 6.45) is 0. The van der Waals surface area contributed by atoms with Crippen molar-refractivity contribution in [1.82, 2.24) is 4.90 Å². The number of nitrogens with zero attached hydrogens (tertiary/aromatic N) is 1. The van der Waals surface area contributed by atoms with Crippen molar-refractivity contribution in [2.24, 2.45) is 0 Å². The third-order valence-corrected chi connectivity index (χ3v) is 2.65. The van der Waals surface area contributed by atoms with Crippen molar-refractivity contribution in [3.8, 4) is 0 Å². The second-order valence-corrected chi connectivity index (χ2v) is 3.92. The van der Waals surface area contributed by atoms with Crippen LogP contribution in [-0.2, 0) is 13.2 Å². The summed E-state index contributed by atoms with van der Waals surface area (Å²) in [5, 5.41) is 0. The quantitative estimate of drug-likeness (QED) is 0.719. The monoisotopic (exact) mass is 209 g/mol. The molecule has 0 heterocycles. The van der Waals surface area contributed by atoms with Gasteiger partial charge in [-0.05, 0) is 31.1 Å². The van der Waals surface area contributed by atoms with Crippen LogP contribution in [0.4, 0.5) is 4.39 Å². The topological polar surface area (TPSA) is 3.24 Å². The predicted molar refractivity (Wildman–Crippen MR) is 62.6 cm³/mol. The molecule has 15 heavy (non-hydrogen) atoms. The van der Waals surface area contributed by atoms with Gasteiger partial charge in [0.25, 0.3) is 0 Å². The van der Waals surface area contributed by atoms with E-state index in [0.29, 0.717) is 0 Å². The van der Waals surface area contributed by atoms with E-state index in [9.17, 15) is 4.39 Å². The van der Waals surface area contributed by atoms with E-state index in [-0.39, 0.29) is 6.67 Å². The molecule has 0 saturated carbocycles. The van der Waals surface area contributed by atoms with E-state index in [1.165, 1.54) is 5.56 Å². The molecule has 2 heteroatoms. The van der Waals surface area contributed by atoms with Crippen molar-refractivity contribution in [3.05, 3.63) is 34.9 Å². The Balaban J connectivity index is 2.79. The van der Waals surface area contributed by atoms with Gasteiger partial charge in [0.1, 0.15) is 6.67 Å². The Morgan fingerprint density at radius 2 is 1.67 bits per heavy atom. The van der Waals surface area contributed by atoms with Gasteiger partial charge in [-0.3, -0.25) is 4.90 Å². The van der Waals surface area contributed by atoms with Crippen molar-refractivity contribution in [2.75, 3.05) is 13.1 Å². The van der Waals surface area contributed by atoms with Crippen molar-refractivity contribution in [1.29, 1.82) is 0 Å². The van der Waals surface area contributed by atoms with Crippen LogP contribution in [0.5, 0.6) is 0 Å². The Kier molecular flexibility index (Phi) is 4.76. The first kappa shape index (κ1) is 12.2. The maximum Gasteiger partial charge on any atom is 0.115 e. The largest absolute Gasteiger partial charge is 0.300 e. The van der Waals surface area contributed by atoms with Gasteiger partial charge in [0.05, 0.1) is 0 Å². The van der Waals surface area contributed by atoms with Crippen molar-refractivity contribution in [3.63, 3.8) is 0 Å². The highest BCUT2D eigenvalue weighted by Crippen LogP contribution is 2.13. The Hall–Kier alpha value is -0.890. The van der Waals surface area contributed by atoms with Crippen LogP contribution in [0.15, 0.2) is 18.2 Å². The molecule has 0 aliphatic carbocycles. The molecule has 0 aromatic heterocycles. The number of hydrogen-bond acceptors (Lipinski definition) is 1. The lowest BCUT2D eigenvalue weighted by Crippen LogP contribution is -2.22. The molecular formula is C13H20FN. The Bertz CT molecular complexity index is 305. The molecule has 0 aliphatic heterocycles. The second-order valence-electron chi connectivity index (χ2n) is 3.92. The van der Waals surface area contributed by atoms with Gasteiger partial charge in [-0.25, -0.2) is 4.39 Å². The minimum Gasteiger partial charge on any atom is -0.300 e. The highest BCUT2D eigenvalue weighted by molar-refractivity contribution is 5.29. The van der Waals surface area contributed by atoms with Gasteiger partial charge in [0.15, 0.2) is 0 Å². The van der Waals surface area contributed by atoms with E-state index >= 15 is 0 Å². The molecule has 0 fully saturated rings. The molecule has 84 valence electrons. The maximum absolute atomic E-state index is 12.6. The molecule has 0 spiro atoms. The Labute approximate surface area is 91.9 Å². The molecule has 0 radical (unpaired) electrons. The third kappa shape index (κ3) is 3.63. The molecule has 0 N–H and O–H groups in total. The zero-order chi connectivity index (χ0) is 11.3. The van der Waals surface area contributed by atoms with Gasteiger partial charge < -0.3 is 0 Å². The van der Waals surface area contributed by atoms with Gasteiger partial charge in [0, 0.05) is 6.54 Å². The molecule has 1 aromatic carbocycles. The molecule has 0 amide bonds. The summed E-state index contributed by atoms with van der Waals surface area (Å²) in [7, 11) is 0. The van der Waals surface area contributed by atoms with Crippen LogP contribution in [0, 0.1) is 6.92 Å². The molecule has 1 rings (SSSR count). The average Bonchev–Trinajstić information content (AvgIpc) is 2.25. The number of hydrogen-bond donors (Lipinski definition) is 0. The van der Waals surface area contributed by atoms with E-state index in [1.54, 1.807) is 0 Å². The second kappa shape index (κ2) is 5.86. The van der Waals surface area contributed by atoms with Crippen LogP contribution in [0.3, 0.4) is 0 Å². The van der Waals surface area contributed by atoms with E-state index in [0.717, 1.165) is 30.8 Å². The number of benzene rings is 1. The maximum atomic E-state index is 12.6. The van der Waals surface area contributed by atoms with Crippen LogP contribution in [0.1, 0.15) is 30.5 Å². The number of halogens is 1. The van der Waals surface area contributed by atoms with Gasteiger partial charge in [-0.2, -0.15) is 0 Å². The summed E-state index contributed by atoms with van der Waals surface area (Å²) >= 11 is 0. The summed E-state index contributed by atoms with van der Waals surface area (Å²) in [6.45, 7) is 8.94. The van der Waals surface area contributed by atoms with Crippen LogP contribution < -0.4 is 0 Å². The predicted octanol–water partition coefficient (Wildman–Crippen LogP) is 3.31. The first-order valence-corrected chi connectivity index (χ1v) is 5.57. The summed E-state index contributed by atoms with van der Waals surface area (Å²) < 4.78 is 12.6. The van der Waals surface area contributed by atoms with Crippen molar-refractivity contribution in [2.45, 2.75) is 34.0 Å². The van der Waals surface area contributed by atoms with Crippen LogP contribution in [0.2, 0.25) is 0 Å². The fraction of sp³-hybridized carbons (Fsp3) is 0.538. The SMILES string of the molecule is CCN(CC)Cc1cc(C)cc(CF)c1. The zero-order valence-electron chi connectivity index (χ0n) is 9.89. The molecule has 0 bridgehead atoms. The number of rotatable bonds is 5. The van der Waals surface area contributed by atoms with E-state index < -0.39 is 0 Å². The number of alkyl halides is 1. The molecular weight excluding hydrogens is 189 g/mol. The highest BCUT2D eigenvalue weighted by atomic mass is 19.1. The van der Waals surface area contributed by atoms with Crippen molar-refractivity contribution >= 4 is 0 Å². The molecule has 0 unspecified atom stereocenters. The third-order valence-electron chi connectivity index (χ3n) is 2.65. The highest BCUT2D eigenvalue weighted by Gasteiger charge is 2.03. The van der Waals surface area contributed by atoms with Gasteiger partial charge >= 0.3 is 0 Å². The standard InChI is InChI=1S/C13H20FN/c1-4-15(5-2)10-13-7-11(3)6-12(8-13)9-14/h6-8H,4-5,9-10H2,1-3H3. The summed E-state index contributed by atoms with van der Waals surface area (Å²) in [5.74, 6) is 0. The first-order chi connectivity index (χ1) is 7.19. The van der Waals surface area contributed by atoms with Crippen molar-refractivity contribution < 1.29 is 4.39 Å². The molecule has 0 aliphatic rings. The smallest absolute Gasteiger partial charge is 0.115 e. The summed E-state index contributed by atoms with van der Waals surface area (Å²) in [5.41, 5.74) is 3.15. The fourth-order valence-electron chi connectivity index (χ4n) is 1.82. The van der Waals surface area contributed by atoms with Gasteiger partial charge in [0.2, 0.25) is 0 Å². The van der Waals surface area contributed by atoms with E-state index in [4.69, 9.17) is 0 Å². The fourth-order valence-corrected chi connectivity index (χ4v) is 1.82. The lowest BCUT2D eigenvalue weighted by Gasteiger charge is -2.18. The Morgan fingerprint density at radius 3 is 2.20 bits per heavy atom. The molecule has 0 atom stereocenters. The minimum absolute atomic E-state index is 0.368. The van der Waals surface area contributed by atoms with Gasteiger partial charge in [-0.15, -0.1) is 0 Å². The zero-order valence-corrected chi connectivity index (χ0v) is 9.89. The lowest BCUT2D eigenvalue weighted by atomic mass is 10.1. The number of aryl methyl sites for hydroxylation is 1. The van der Waals surface area contributed by atoms with Crippen LogP contribution in [0.25, 0.3) is 0 Å². The minimum atomic E-state index is -0.368. The normalized spacial score (nSPS) is 11.0. The van der Waals surface area contributed by atoms with E-state index in [2.05, 4.69) is 24.8 Å². The average molecular weight is 209 g/mol. The van der Waals surface area contributed by atoms with Crippen LogP contribution >= 0.6 is 0 Å². The molecule has 0 saturated heterocycles. The molecule has 1 aromatic rings. The van der Waals surface area contributed by atoms with Crippen LogP contribution in [-0.4, -0.2) is 18.0 Å². The molecule has 1 nitrogen and oxygen atoms in total. The summed E-state index contributed by atoms with van der Waals surface area (Å²) in [4.78, 5) is 2.33. The summed E-state index contributed by atoms with van der Waals surface area (Å²) in [6, 6.07) is 6.01. The first-order valence-electron chi connectivity index (χ1n) is 5.57. The Morgan fingerprint density at radius 1 is 1.07 bits per heavy atom. The van der Waals surface area contributed by atoms with E-state index in [1.807, 2.05) is 19.1 Å². The lowest BCUT2D eigenvalue weighted by molar-refractivity contribution is 0.295.